The summed E-state index contributed by atoms with van der Waals surface area (Å²) in [5, 5.41) is 12.1. The largest absolute Gasteiger partial charge is 0.508 e. The van der Waals surface area contributed by atoms with Crippen LogP contribution in [-0.4, -0.2) is 41.0 Å². The van der Waals surface area contributed by atoms with Gasteiger partial charge in [-0.25, -0.2) is 0 Å². The zero-order valence-electron chi connectivity index (χ0n) is 10.2. The Balaban J connectivity index is 2.05. The molecule has 5 nitrogen and oxygen atoms in total. The van der Waals surface area contributed by atoms with Crippen molar-refractivity contribution in [2.24, 2.45) is 0 Å². The van der Waals surface area contributed by atoms with Gasteiger partial charge < -0.3 is 15.3 Å². The summed E-state index contributed by atoms with van der Waals surface area (Å²) in [6, 6.07) is 6.18. The lowest BCUT2D eigenvalue weighted by Crippen LogP contribution is -2.56. The van der Waals surface area contributed by atoms with Crippen molar-refractivity contribution in [3.63, 3.8) is 0 Å². The summed E-state index contributed by atoms with van der Waals surface area (Å²) < 4.78 is 0. The molecular weight excluding hydrogens is 232 g/mol. The third kappa shape index (κ3) is 2.61. The van der Waals surface area contributed by atoms with Crippen LogP contribution in [0.1, 0.15) is 12.5 Å². The molecule has 0 aliphatic carbocycles. The summed E-state index contributed by atoms with van der Waals surface area (Å²) in [6.45, 7) is 2.74. The molecule has 2 amide bonds. The van der Waals surface area contributed by atoms with E-state index in [2.05, 4.69) is 5.32 Å². The summed E-state index contributed by atoms with van der Waals surface area (Å²) in [7, 11) is 0. The Morgan fingerprint density at radius 2 is 2.33 bits per heavy atom. The summed E-state index contributed by atoms with van der Waals surface area (Å²) >= 11 is 0. The molecule has 1 aromatic carbocycles. The van der Waals surface area contributed by atoms with Crippen LogP contribution in [0, 0.1) is 0 Å². The van der Waals surface area contributed by atoms with Crippen molar-refractivity contribution in [3.05, 3.63) is 29.8 Å². The number of nitrogens with zero attached hydrogens (tertiary/aromatic N) is 1. The maximum absolute atomic E-state index is 12.1. The van der Waals surface area contributed by atoms with Crippen LogP contribution in [-0.2, 0) is 16.0 Å². The number of nitrogens with one attached hydrogen (secondary N) is 1. The SMILES string of the molecule is CC1C(=O)NCCN1C(=O)Cc1cccc(O)c1. The van der Waals surface area contributed by atoms with E-state index in [-0.39, 0.29) is 24.0 Å². The molecule has 1 aliphatic rings. The van der Waals surface area contributed by atoms with Gasteiger partial charge in [0, 0.05) is 13.1 Å². The Hall–Kier alpha value is -2.04. The molecule has 2 N–H and O–H groups in total. The van der Waals surface area contributed by atoms with E-state index in [4.69, 9.17) is 0 Å². The minimum atomic E-state index is -0.427. The van der Waals surface area contributed by atoms with Crippen molar-refractivity contribution in [1.82, 2.24) is 10.2 Å². The smallest absolute Gasteiger partial charge is 0.242 e. The van der Waals surface area contributed by atoms with Crippen LogP contribution >= 0.6 is 0 Å². The van der Waals surface area contributed by atoms with Crippen LogP contribution in [0.25, 0.3) is 0 Å². The maximum atomic E-state index is 12.1. The standard InChI is InChI=1S/C13H16N2O3/c1-9-13(18)14-5-6-15(9)12(17)8-10-3-2-4-11(16)7-10/h2-4,7,9,16H,5-6,8H2,1H3,(H,14,18). The maximum Gasteiger partial charge on any atom is 0.242 e. The third-order valence-electron chi connectivity index (χ3n) is 3.09. The van der Waals surface area contributed by atoms with Crippen LogP contribution in [0.4, 0.5) is 0 Å². The number of phenolic OH excluding ortho intramolecular Hbond substituents is 1. The predicted molar refractivity (Wildman–Crippen MR) is 66.0 cm³/mol. The highest BCUT2D eigenvalue weighted by Gasteiger charge is 2.28. The average molecular weight is 248 g/mol. The number of amides is 2. The fraction of sp³-hybridized carbons (Fsp3) is 0.385. The van der Waals surface area contributed by atoms with Crippen molar-refractivity contribution in [3.8, 4) is 5.75 Å². The second-order valence-electron chi connectivity index (χ2n) is 4.40. The Morgan fingerprint density at radius 1 is 1.56 bits per heavy atom. The van der Waals surface area contributed by atoms with E-state index in [1.165, 1.54) is 0 Å². The lowest BCUT2D eigenvalue weighted by Gasteiger charge is -2.32. The topological polar surface area (TPSA) is 69.6 Å². The molecule has 1 unspecified atom stereocenters. The minimum Gasteiger partial charge on any atom is -0.508 e. The number of carbonyl (C=O) groups is 2. The Kier molecular flexibility index (Phi) is 3.50. The summed E-state index contributed by atoms with van der Waals surface area (Å²) in [6.07, 6.45) is 0.200. The Labute approximate surface area is 105 Å². The van der Waals surface area contributed by atoms with Gasteiger partial charge in [-0.1, -0.05) is 12.1 Å². The third-order valence-corrected chi connectivity index (χ3v) is 3.09. The lowest BCUT2D eigenvalue weighted by atomic mass is 10.1. The molecule has 0 aromatic heterocycles. The highest BCUT2D eigenvalue weighted by Crippen LogP contribution is 2.13. The number of piperazine rings is 1. The second-order valence-corrected chi connectivity index (χ2v) is 4.40. The van der Waals surface area contributed by atoms with Gasteiger partial charge in [-0.15, -0.1) is 0 Å². The quantitative estimate of drug-likeness (QED) is 0.790. The van der Waals surface area contributed by atoms with Gasteiger partial charge in [-0.3, -0.25) is 9.59 Å². The number of hydrogen-bond donors (Lipinski definition) is 2. The van der Waals surface area contributed by atoms with E-state index in [1.54, 1.807) is 36.1 Å². The molecule has 1 saturated heterocycles. The van der Waals surface area contributed by atoms with Gasteiger partial charge in [-0.05, 0) is 24.6 Å². The van der Waals surface area contributed by atoms with Crippen LogP contribution in [0.15, 0.2) is 24.3 Å². The minimum absolute atomic E-state index is 0.0945. The van der Waals surface area contributed by atoms with E-state index in [0.717, 1.165) is 5.56 Å². The van der Waals surface area contributed by atoms with Gasteiger partial charge in [0.05, 0.1) is 6.42 Å². The molecule has 1 fully saturated rings. The van der Waals surface area contributed by atoms with E-state index < -0.39 is 6.04 Å². The Morgan fingerprint density at radius 3 is 3.06 bits per heavy atom. The first-order valence-electron chi connectivity index (χ1n) is 5.93. The molecule has 0 saturated carbocycles. The molecule has 18 heavy (non-hydrogen) atoms. The number of hydrogen-bond acceptors (Lipinski definition) is 3. The fourth-order valence-corrected chi connectivity index (χ4v) is 2.07. The molecule has 2 rings (SSSR count). The molecule has 0 bridgehead atoms. The molecule has 0 radical (unpaired) electrons. The first-order chi connectivity index (χ1) is 8.58. The number of carbonyl (C=O) groups excluding carboxylic acids is 2. The van der Waals surface area contributed by atoms with Gasteiger partial charge in [0.2, 0.25) is 11.8 Å². The first kappa shape index (κ1) is 12.4. The average Bonchev–Trinajstić information content (AvgIpc) is 2.32. The lowest BCUT2D eigenvalue weighted by molar-refractivity contribution is -0.142. The van der Waals surface area contributed by atoms with Crippen LogP contribution in [0.5, 0.6) is 5.75 Å². The number of aromatic hydroxyl groups is 1. The summed E-state index contributed by atoms with van der Waals surface area (Å²) in [5.41, 5.74) is 0.748. The highest BCUT2D eigenvalue weighted by atomic mass is 16.3. The van der Waals surface area contributed by atoms with Crippen molar-refractivity contribution in [2.45, 2.75) is 19.4 Å². The second kappa shape index (κ2) is 5.08. The number of benzene rings is 1. The molecule has 0 spiro atoms. The van der Waals surface area contributed by atoms with Gasteiger partial charge in [0.1, 0.15) is 11.8 Å². The monoisotopic (exact) mass is 248 g/mol. The summed E-state index contributed by atoms with van der Waals surface area (Å²) in [4.78, 5) is 25.1. The van der Waals surface area contributed by atoms with Crippen molar-refractivity contribution in [2.75, 3.05) is 13.1 Å². The zero-order valence-corrected chi connectivity index (χ0v) is 10.2. The molecule has 1 aromatic rings. The number of rotatable bonds is 2. The Bertz CT molecular complexity index is 473. The molecular formula is C13H16N2O3. The first-order valence-corrected chi connectivity index (χ1v) is 5.93. The fourth-order valence-electron chi connectivity index (χ4n) is 2.07. The van der Waals surface area contributed by atoms with E-state index in [9.17, 15) is 14.7 Å². The predicted octanol–water partition coefficient (Wildman–Crippen LogP) is 0.282. The van der Waals surface area contributed by atoms with Gasteiger partial charge in [-0.2, -0.15) is 0 Å². The number of phenols is 1. The van der Waals surface area contributed by atoms with Crippen molar-refractivity contribution >= 4 is 11.8 Å². The van der Waals surface area contributed by atoms with Crippen molar-refractivity contribution < 1.29 is 14.7 Å². The molecule has 5 heteroatoms. The summed E-state index contributed by atoms with van der Waals surface area (Å²) in [5.74, 6) is -0.0711. The molecule has 96 valence electrons. The van der Waals surface area contributed by atoms with E-state index in [1.807, 2.05) is 0 Å². The van der Waals surface area contributed by atoms with E-state index in [0.29, 0.717) is 13.1 Å². The molecule has 1 atom stereocenters. The van der Waals surface area contributed by atoms with Crippen LogP contribution in [0.3, 0.4) is 0 Å². The van der Waals surface area contributed by atoms with Gasteiger partial charge in [0.15, 0.2) is 0 Å². The molecule has 1 aliphatic heterocycles. The van der Waals surface area contributed by atoms with Gasteiger partial charge >= 0.3 is 0 Å². The molecule has 1 heterocycles. The van der Waals surface area contributed by atoms with Crippen molar-refractivity contribution in [1.29, 1.82) is 0 Å². The highest BCUT2D eigenvalue weighted by molar-refractivity contribution is 5.89. The van der Waals surface area contributed by atoms with E-state index >= 15 is 0 Å². The van der Waals surface area contributed by atoms with Gasteiger partial charge in [0.25, 0.3) is 0 Å². The van der Waals surface area contributed by atoms with Crippen LogP contribution in [0.2, 0.25) is 0 Å². The zero-order chi connectivity index (χ0) is 13.1. The van der Waals surface area contributed by atoms with Crippen LogP contribution < -0.4 is 5.32 Å². The normalized spacial score (nSPS) is 19.5.